The highest BCUT2D eigenvalue weighted by atomic mass is 19.1. The van der Waals surface area contributed by atoms with Crippen molar-refractivity contribution in [2.24, 2.45) is 0 Å². The first-order chi connectivity index (χ1) is 12.1. The predicted octanol–water partition coefficient (Wildman–Crippen LogP) is 2.72. The summed E-state index contributed by atoms with van der Waals surface area (Å²) in [4.78, 5) is 6.41. The maximum absolute atomic E-state index is 14.3. The largest absolute Gasteiger partial charge is 0.493 e. The third kappa shape index (κ3) is 3.75. The van der Waals surface area contributed by atoms with Gasteiger partial charge in [-0.05, 0) is 31.0 Å². The first kappa shape index (κ1) is 17.6. The topological polar surface area (TPSA) is 54.8 Å². The van der Waals surface area contributed by atoms with Crippen LogP contribution in [0.15, 0.2) is 36.5 Å². The third-order valence-corrected chi connectivity index (χ3v) is 4.77. The number of halogens is 1. The first-order valence-electron chi connectivity index (χ1n) is 8.32. The number of ether oxygens (including phenoxy) is 2. The highest BCUT2D eigenvalue weighted by molar-refractivity contribution is 5.43. The maximum atomic E-state index is 14.3. The van der Waals surface area contributed by atoms with E-state index in [1.165, 1.54) is 20.3 Å². The van der Waals surface area contributed by atoms with Gasteiger partial charge in [-0.2, -0.15) is 0 Å². The van der Waals surface area contributed by atoms with Crippen LogP contribution in [0.25, 0.3) is 0 Å². The number of pyridine rings is 1. The smallest absolute Gasteiger partial charge is 0.163 e. The molecule has 0 radical (unpaired) electrons. The molecule has 1 fully saturated rings. The molecule has 2 aromatic rings. The Morgan fingerprint density at radius 3 is 2.44 bits per heavy atom. The van der Waals surface area contributed by atoms with Crippen molar-refractivity contribution in [1.82, 2.24) is 9.88 Å². The Bertz CT molecular complexity index is 716. The van der Waals surface area contributed by atoms with Crippen LogP contribution in [0.2, 0.25) is 0 Å². The lowest BCUT2D eigenvalue weighted by molar-refractivity contribution is -0.0312. The van der Waals surface area contributed by atoms with Crippen molar-refractivity contribution in [1.29, 1.82) is 0 Å². The SMILES string of the molecule is COc1cc(F)c(CN2CCC(O)(c3ccccn3)CC2)cc1OC. The molecule has 0 spiro atoms. The molecule has 1 aliphatic rings. The van der Waals surface area contributed by atoms with Crippen LogP contribution in [-0.2, 0) is 12.1 Å². The van der Waals surface area contributed by atoms with Gasteiger partial charge in [0.2, 0.25) is 0 Å². The Morgan fingerprint density at radius 2 is 1.84 bits per heavy atom. The van der Waals surface area contributed by atoms with E-state index in [2.05, 4.69) is 9.88 Å². The lowest BCUT2D eigenvalue weighted by Gasteiger charge is -2.37. The number of likely N-dealkylation sites (tertiary alicyclic amines) is 1. The molecule has 0 atom stereocenters. The average Bonchev–Trinajstić information content (AvgIpc) is 2.65. The molecule has 0 aliphatic carbocycles. The summed E-state index contributed by atoms with van der Waals surface area (Å²) in [7, 11) is 3.02. The second-order valence-electron chi connectivity index (χ2n) is 6.32. The van der Waals surface area contributed by atoms with E-state index in [1.54, 1.807) is 12.3 Å². The molecule has 0 saturated carbocycles. The molecule has 1 aliphatic heterocycles. The summed E-state index contributed by atoms with van der Waals surface area (Å²) in [5, 5.41) is 10.8. The van der Waals surface area contributed by atoms with Crippen LogP contribution in [0.3, 0.4) is 0 Å². The molecule has 134 valence electrons. The van der Waals surface area contributed by atoms with Crippen molar-refractivity contribution < 1.29 is 19.0 Å². The third-order valence-electron chi connectivity index (χ3n) is 4.77. The number of aliphatic hydroxyl groups is 1. The molecule has 2 heterocycles. The Balaban J connectivity index is 1.68. The normalized spacial score (nSPS) is 17.3. The van der Waals surface area contributed by atoms with Crippen LogP contribution >= 0.6 is 0 Å². The number of hydrogen-bond donors (Lipinski definition) is 1. The molecule has 1 saturated heterocycles. The Morgan fingerprint density at radius 1 is 1.16 bits per heavy atom. The molecule has 0 bridgehead atoms. The average molecular weight is 346 g/mol. The van der Waals surface area contributed by atoms with E-state index >= 15 is 0 Å². The predicted molar refractivity (Wildman–Crippen MR) is 92.1 cm³/mol. The summed E-state index contributed by atoms with van der Waals surface area (Å²) in [6, 6.07) is 8.59. The van der Waals surface area contributed by atoms with E-state index in [1.807, 2.05) is 18.2 Å². The van der Waals surface area contributed by atoms with Crippen molar-refractivity contribution in [2.75, 3.05) is 27.3 Å². The van der Waals surface area contributed by atoms with Gasteiger partial charge in [0.25, 0.3) is 0 Å². The van der Waals surface area contributed by atoms with Gasteiger partial charge >= 0.3 is 0 Å². The van der Waals surface area contributed by atoms with Crippen molar-refractivity contribution in [2.45, 2.75) is 25.0 Å². The Labute approximate surface area is 147 Å². The van der Waals surface area contributed by atoms with Crippen molar-refractivity contribution in [3.63, 3.8) is 0 Å². The fourth-order valence-electron chi connectivity index (χ4n) is 3.23. The highest BCUT2D eigenvalue weighted by Crippen LogP contribution is 2.34. The van der Waals surface area contributed by atoms with Crippen LogP contribution in [0.5, 0.6) is 11.5 Å². The zero-order valence-corrected chi connectivity index (χ0v) is 14.5. The fraction of sp³-hybridized carbons (Fsp3) is 0.421. The van der Waals surface area contributed by atoms with Crippen LogP contribution in [-0.4, -0.2) is 42.3 Å². The molecule has 1 N–H and O–H groups in total. The minimum atomic E-state index is -0.909. The molecule has 1 aromatic carbocycles. The zero-order valence-electron chi connectivity index (χ0n) is 14.5. The first-order valence-corrected chi connectivity index (χ1v) is 8.32. The second-order valence-corrected chi connectivity index (χ2v) is 6.32. The Hall–Kier alpha value is -2.18. The van der Waals surface area contributed by atoms with Gasteiger partial charge in [-0.15, -0.1) is 0 Å². The van der Waals surface area contributed by atoms with E-state index in [4.69, 9.17) is 9.47 Å². The molecule has 6 heteroatoms. The summed E-state index contributed by atoms with van der Waals surface area (Å²) in [5.41, 5.74) is 0.348. The van der Waals surface area contributed by atoms with Crippen molar-refractivity contribution in [3.05, 3.63) is 53.6 Å². The van der Waals surface area contributed by atoms with Crippen molar-refractivity contribution >= 4 is 0 Å². The van der Waals surface area contributed by atoms with E-state index in [-0.39, 0.29) is 5.82 Å². The molecule has 0 unspecified atom stereocenters. The lowest BCUT2D eigenvalue weighted by atomic mass is 9.87. The summed E-state index contributed by atoms with van der Waals surface area (Å²) in [5.74, 6) is 0.580. The molecular formula is C19H23FN2O3. The molecular weight excluding hydrogens is 323 g/mol. The van der Waals surface area contributed by atoms with Gasteiger partial charge in [0.15, 0.2) is 11.5 Å². The number of piperidine rings is 1. The second kappa shape index (κ2) is 7.37. The van der Waals surface area contributed by atoms with Crippen LogP contribution in [0.4, 0.5) is 4.39 Å². The minimum absolute atomic E-state index is 0.316. The molecule has 0 amide bonds. The zero-order chi connectivity index (χ0) is 17.9. The Kier molecular flexibility index (Phi) is 5.20. The van der Waals surface area contributed by atoms with E-state index in [0.717, 1.165) is 0 Å². The quantitative estimate of drug-likeness (QED) is 0.902. The number of benzene rings is 1. The summed E-state index contributed by atoms with van der Waals surface area (Å²) < 4.78 is 24.7. The summed E-state index contributed by atoms with van der Waals surface area (Å²) in [6.07, 6.45) is 2.83. The molecule has 3 rings (SSSR count). The summed E-state index contributed by atoms with van der Waals surface area (Å²) >= 11 is 0. The van der Waals surface area contributed by atoms with E-state index in [9.17, 15) is 9.50 Å². The van der Waals surface area contributed by atoms with Crippen LogP contribution in [0.1, 0.15) is 24.1 Å². The van der Waals surface area contributed by atoms with Gasteiger partial charge in [0.05, 0.1) is 19.9 Å². The lowest BCUT2D eigenvalue weighted by Crippen LogP contribution is -2.42. The number of hydrogen-bond acceptors (Lipinski definition) is 5. The maximum Gasteiger partial charge on any atom is 0.163 e. The fourth-order valence-corrected chi connectivity index (χ4v) is 3.23. The van der Waals surface area contributed by atoms with E-state index in [0.29, 0.717) is 55.2 Å². The molecule has 5 nitrogen and oxygen atoms in total. The summed E-state index contributed by atoms with van der Waals surface area (Å²) in [6.45, 7) is 1.80. The monoisotopic (exact) mass is 346 g/mol. The number of rotatable bonds is 5. The van der Waals surface area contributed by atoms with Gasteiger partial charge in [-0.1, -0.05) is 6.07 Å². The molecule has 25 heavy (non-hydrogen) atoms. The number of methoxy groups -OCH3 is 2. The number of nitrogens with zero attached hydrogens (tertiary/aromatic N) is 2. The van der Waals surface area contributed by atoms with Crippen LogP contribution < -0.4 is 9.47 Å². The number of aromatic nitrogens is 1. The van der Waals surface area contributed by atoms with Gasteiger partial charge in [-0.3, -0.25) is 9.88 Å². The minimum Gasteiger partial charge on any atom is -0.493 e. The van der Waals surface area contributed by atoms with Gasteiger partial charge in [0.1, 0.15) is 11.4 Å². The van der Waals surface area contributed by atoms with Crippen LogP contribution in [0, 0.1) is 5.82 Å². The van der Waals surface area contributed by atoms with Crippen molar-refractivity contribution in [3.8, 4) is 11.5 Å². The molecule has 1 aromatic heterocycles. The van der Waals surface area contributed by atoms with E-state index < -0.39 is 5.60 Å². The van der Waals surface area contributed by atoms with Gasteiger partial charge < -0.3 is 14.6 Å². The highest BCUT2D eigenvalue weighted by Gasteiger charge is 2.35. The van der Waals surface area contributed by atoms with Gasteiger partial charge in [0, 0.05) is 37.5 Å². The standard InChI is InChI=1S/C19H23FN2O3/c1-24-16-11-14(15(20)12-17(16)25-2)13-22-9-6-19(23,7-10-22)18-5-3-4-8-21-18/h3-5,8,11-12,23H,6-7,9-10,13H2,1-2H3. The van der Waals surface area contributed by atoms with Gasteiger partial charge in [-0.25, -0.2) is 4.39 Å².